The molecule has 0 saturated heterocycles. The van der Waals surface area contributed by atoms with Gasteiger partial charge in [-0.25, -0.2) is 0 Å². The van der Waals surface area contributed by atoms with Gasteiger partial charge in [0, 0.05) is 5.02 Å². The van der Waals surface area contributed by atoms with E-state index in [9.17, 15) is 4.79 Å². The largest absolute Gasteiger partial charge is 0.492 e. The highest BCUT2D eigenvalue weighted by molar-refractivity contribution is 6.31. The van der Waals surface area contributed by atoms with Crippen molar-refractivity contribution < 1.29 is 9.53 Å². The van der Waals surface area contributed by atoms with Gasteiger partial charge < -0.3 is 15.8 Å². The highest BCUT2D eigenvalue weighted by Crippen LogP contribution is 2.28. The zero-order valence-corrected chi connectivity index (χ0v) is 11.7. The Hall–Kier alpha value is -1.26. The molecule has 0 aliphatic heterocycles. The van der Waals surface area contributed by atoms with Crippen LogP contribution in [0.1, 0.15) is 27.2 Å². The Kier molecular flexibility index (Phi) is 4.99. The summed E-state index contributed by atoms with van der Waals surface area (Å²) in [6.45, 7) is 5.94. The second-order valence-corrected chi connectivity index (χ2v) is 4.74. The van der Waals surface area contributed by atoms with Crippen LogP contribution in [0.5, 0.6) is 5.75 Å². The van der Waals surface area contributed by atoms with E-state index in [1.807, 2.05) is 13.8 Å². The SMILES string of the molecule is CCOc1ccc(Cl)cc1NC(=O)C(C)(N)CC. The molecule has 0 heterocycles. The van der Waals surface area contributed by atoms with Gasteiger partial charge in [0.1, 0.15) is 5.75 Å². The predicted molar refractivity (Wildman–Crippen MR) is 74.1 cm³/mol. The summed E-state index contributed by atoms with van der Waals surface area (Å²) < 4.78 is 5.43. The summed E-state index contributed by atoms with van der Waals surface area (Å²) in [5.74, 6) is 0.329. The van der Waals surface area contributed by atoms with Gasteiger partial charge >= 0.3 is 0 Å². The van der Waals surface area contributed by atoms with Crippen molar-refractivity contribution in [2.75, 3.05) is 11.9 Å². The molecule has 5 heteroatoms. The van der Waals surface area contributed by atoms with Crippen molar-refractivity contribution in [1.82, 2.24) is 0 Å². The summed E-state index contributed by atoms with van der Waals surface area (Å²) in [7, 11) is 0. The fourth-order valence-corrected chi connectivity index (χ4v) is 1.48. The van der Waals surface area contributed by atoms with Crippen molar-refractivity contribution in [3.63, 3.8) is 0 Å². The molecule has 100 valence electrons. The summed E-state index contributed by atoms with van der Waals surface area (Å²) >= 11 is 5.91. The van der Waals surface area contributed by atoms with E-state index in [1.54, 1.807) is 25.1 Å². The van der Waals surface area contributed by atoms with Crippen LogP contribution in [0.2, 0.25) is 5.02 Å². The molecule has 0 fully saturated rings. The van der Waals surface area contributed by atoms with E-state index in [4.69, 9.17) is 22.1 Å². The van der Waals surface area contributed by atoms with Gasteiger partial charge in [0.05, 0.1) is 17.8 Å². The normalized spacial score (nSPS) is 13.8. The Morgan fingerprint density at radius 3 is 2.72 bits per heavy atom. The Morgan fingerprint density at radius 2 is 2.17 bits per heavy atom. The zero-order chi connectivity index (χ0) is 13.8. The molecule has 0 aromatic heterocycles. The number of ether oxygens (including phenoxy) is 1. The maximum Gasteiger partial charge on any atom is 0.244 e. The van der Waals surface area contributed by atoms with E-state index in [0.29, 0.717) is 29.5 Å². The molecule has 1 aromatic carbocycles. The first-order valence-electron chi connectivity index (χ1n) is 5.93. The topological polar surface area (TPSA) is 64.3 Å². The van der Waals surface area contributed by atoms with Crippen molar-refractivity contribution in [3.05, 3.63) is 23.2 Å². The molecule has 1 rings (SSSR count). The number of carbonyl (C=O) groups is 1. The lowest BCUT2D eigenvalue weighted by molar-refractivity contribution is -0.120. The van der Waals surface area contributed by atoms with Crippen LogP contribution in [0.3, 0.4) is 0 Å². The van der Waals surface area contributed by atoms with Gasteiger partial charge in [-0.05, 0) is 38.5 Å². The summed E-state index contributed by atoms with van der Waals surface area (Å²) in [6.07, 6.45) is 0.545. The van der Waals surface area contributed by atoms with Crippen LogP contribution in [-0.2, 0) is 4.79 Å². The van der Waals surface area contributed by atoms with E-state index in [1.165, 1.54) is 0 Å². The third-order valence-electron chi connectivity index (χ3n) is 2.74. The van der Waals surface area contributed by atoms with Crippen LogP contribution in [0.25, 0.3) is 0 Å². The molecule has 0 bridgehead atoms. The van der Waals surface area contributed by atoms with Gasteiger partial charge in [-0.15, -0.1) is 0 Å². The monoisotopic (exact) mass is 270 g/mol. The van der Waals surface area contributed by atoms with Gasteiger partial charge in [-0.1, -0.05) is 18.5 Å². The minimum Gasteiger partial charge on any atom is -0.492 e. The molecule has 0 aliphatic rings. The standard InChI is InChI=1S/C13H19ClN2O2/c1-4-13(3,15)12(17)16-10-8-9(14)6-7-11(10)18-5-2/h6-8H,4-5,15H2,1-3H3,(H,16,17). The van der Waals surface area contributed by atoms with Crippen molar-refractivity contribution in [3.8, 4) is 5.75 Å². The van der Waals surface area contributed by atoms with Crippen molar-refractivity contribution >= 4 is 23.2 Å². The summed E-state index contributed by atoms with van der Waals surface area (Å²) in [4.78, 5) is 12.0. The Bertz CT molecular complexity index is 433. The number of nitrogens with two attached hydrogens (primary N) is 1. The van der Waals surface area contributed by atoms with Crippen molar-refractivity contribution in [2.24, 2.45) is 5.73 Å². The van der Waals surface area contributed by atoms with Gasteiger partial charge in [-0.2, -0.15) is 0 Å². The number of nitrogens with one attached hydrogen (secondary N) is 1. The van der Waals surface area contributed by atoms with E-state index in [0.717, 1.165) is 0 Å². The maximum atomic E-state index is 12.0. The zero-order valence-electron chi connectivity index (χ0n) is 10.9. The second-order valence-electron chi connectivity index (χ2n) is 4.30. The first kappa shape index (κ1) is 14.8. The molecular weight excluding hydrogens is 252 g/mol. The smallest absolute Gasteiger partial charge is 0.244 e. The highest BCUT2D eigenvalue weighted by Gasteiger charge is 2.26. The fourth-order valence-electron chi connectivity index (χ4n) is 1.31. The minimum atomic E-state index is -0.911. The van der Waals surface area contributed by atoms with Crippen LogP contribution in [0.4, 0.5) is 5.69 Å². The molecule has 1 unspecified atom stereocenters. The molecule has 18 heavy (non-hydrogen) atoms. The Morgan fingerprint density at radius 1 is 1.50 bits per heavy atom. The molecule has 0 aliphatic carbocycles. The van der Waals surface area contributed by atoms with Crippen LogP contribution >= 0.6 is 11.6 Å². The van der Waals surface area contributed by atoms with Crippen LogP contribution in [0, 0.1) is 0 Å². The van der Waals surface area contributed by atoms with Gasteiger partial charge in [0.2, 0.25) is 5.91 Å². The summed E-state index contributed by atoms with van der Waals surface area (Å²) in [5.41, 5.74) is 5.51. The lowest BCUT2D eigenvalue weighted by Crippen LogP contribution is -2.47. The molecule has 3 N–H and O–H groups in total. The Balaban J connectivity index is 2.95. The quantitative estimate of drug-likeness (QED) is 0.865. The third-order valence-corrected chi connectivity index (χ3v) is 2.98. The third kappa shape index (κ3) is 3.62. The first-order valence-corrected chi connectivity index (χ1v) is 6.31. The van der Waals surface area contributed by atoms with Gasteiger partial charge in [0.25, 0.3) is 0 Å². The van der Waals surface area contributed by atoms with E-state index in [2.05, 4.69) is 5.32 Å². The predicted octanol–water partition coefficient (Wildman–Crippen LogP) is 2.80. The second kappa shape index (κ2) is 6.07. The first-order chi connectivity index (χ1) is 8.40. The summed E-state index contributed by atoms with van der Waals surface area (Å²) in [5, 5.41) is 3.29. The average Bonchev–Trinajstić information content (AvgIpc) is 2.32. The summed E-state index contributed by atoms with van der Waals surface area (Å²) in [6, 6.07) is 5.08. The molecule has 1 aromatic rings. The Labute approximate surface area is 112 Å². The molecule has 1 amide bonds. The lowest BCUT2D eigenvalue weighted by atomic mass is 9.99. The highest BCUT2D eigenvalue weighted by atomic mass is 35.5. The van der Waals surface area contributed by atoms with E-state index in [-0.39, 0.29) is 5.91 Å². The number of carbonyl (C=O) groups excluding carboxylic acids is 1. The van der Waals surface area contributed by atoms with Gasteiger partial charge in [-0.3, -0.25) is 4.79 Å². The van der Waals surface area contributed by atoms with Crippen LogP contribution < -0.4 is 15.8 Å². The van der Waals surface area contributed by atoms with Crippen LogP contribution in [0.15, 0.2) is 18.2 Å². The van der Waals surface area contributed by atoms with Crippen LogP contribution in [-0.4, -0.2) is 18.1 Å². The number of benzene rings is 1. The number of anilines is 1. The number of halogens is 1. The lowest BCUT2D eigenvalue weighted by Gasteiger charge is -2.22. The molecule has 1 atom stereocenters. The number of hydrogen-bond acceptors (Lipinski definition) is 3. The molecule has 0 radical (unpaired) electrons. The maximum absolute atomic E-state index is 12.0. The minimum absolute atomic E-state index is 0.256. The number of hydrogen-bond donors (Lipinski definition) is 2. The molecular formula is C13H19ClN2O2. The molecule has 0 saturated carbocycles. The molecule has 0 spiro atoms. The van der Waals surface area contributed by atoms with Crippen molar-refractivity contribution in [1.29, 1.82) is 0 Å². The average molecular weight is 271 g/mol. The fraction of sp³-hybridized carbons (Fsp3) is 0.462. The van der Waals surface area contributed by atoms with E-state index < -0.39 is 5.54 Å². The van der Waals surface area contributed by atoms with E-state index >= 15 is 0 Å². The molecule has 4 nitrogen and oxygen atoms in total. The van der Waals surface area contributed by atoms with Gasteiger partial charge in [0.15, 0.2) is 0 Å². The van der Waals surface area contributed by atoms with Crippen molar-refractivity contribution in [2.45, 2.75) is 32.7 Å². The number of amides is 1. The number of rotatable bonds is 5.